The number of carbonyl (C=O) groups is 1. The molecule has 0 unspecified atom stereocenters. The quantitative estimate of drug-likeness (QED) is 0.787. The molecule has 4 saturated carbocycles. The van der Waals surface area contributed by atoms with Crippen LogP contribution in [0.2, 0.25) is 0 Å². The highest BCUT2D eigenvalue weighted by molar-refractivity contribution is 5.98. The molecular formula is C15H22N4O. The number of H-pyrrole nitrogens is 1. The van der Waals surface area contributed by atoms with Crippen LogP contribution in [0.4, 0.5) is 5.82 Å². The van der Waals surface area contributed by atoms with Gasteiger partial charge in [0.05, 0.1) is 6.20 Å². The Balaban J connectivity index is 1.45. The van der Waals surface area contributed by atoms with Crippen molar-refractivity contribution in [3.63, 3.8) is 0 Å². The van der Waals surface area contributed by atoms with Gasteiger partial charge in [0, 0.05) is 6.54 Å². The minimum Gasteiger partial charge on any atom is -0.383 e. The number of hydrogen-bond donors (Lipinski definition) is 3. The maximum Gasteiger partial charge on any atom is 0.256 e. The van der Waals surface area contributed by atoms with Gasteiger partial charge in [-0.05, 0) is 61.7 Å². The van der Waals surface area contributed by atoms with E-state index in [1.165, 1.54) is 44.7 Å². The Hall–Kier alpha value is -1.52. The number of rotatable bonds is 3. The lowest BCUT2D eigenvalue weighted by molar-refractivity contribution is -0.0503. The van der Waals surface area contributed by atoms with Crippen LogP contribution in [0.15, 0.2) is 6.20 Å². The first kappa shape index (κ1) is 12.2. The van der Waals surface area contributed by atoms with Gasteiger partial charge in [-0.2, -0.15) is 5.10 Å². The van der Waals surface area contributed by atoms with Crippen molar-refractivity contribution in [2.75, 3.05) is 12.3 Å². The maximum absolute atomic E-state index is 12.2. The summed E-state index contributed by atoms with van der Waals surface area (Å²) in [5.74, 6) is 3.01. The summed E-state index contributed by atoms with van der Waals surface area (Å²) in [4.78, 5) is 12.2. The van der Waals surface area contributed by atoms with Crippen molar-refractivity contribution in [2.24, 2.45) is 23.2 Å². The second-order valence-corrected chi connectivity index (χ2v) is 7.30. The standard InChI is InChI=1S/C15H22N4O/c16-13-12(7-18-19-13)14(20)17-8-15-4-9-1-10(5-15)3-11(2-9)6-15/h7,9-11H,1-6,8H2,(H,17,20)(H3,16,18,19). The summed E-state index contributed by atoms with van der Waals surface area (Å²) < 4.78 is 0. The molecule has 4 fully saturated rings. The van der Waals surface area contributed by atoms with Crippen LogP contribution < -0.4 is 11.1 Å². The summed E-state index contributed by atoms with van der Waals surface area (Å²) in [6.45, 7) is 0.806. The van der Waals surface area contributed by atoms with E-state index in [0.717, 1.165) is 24.3 Å². The minimum atomic E-state index is -0.0907. The molecule has 20 heavy (non-hydrogen) atoms. The van der Waals surface area contributed by atoms with E-state index in [-0.39, 0.29) is 5.91 Å². The first-order valence-electron chi connectivity index (χ1n) is 7.71. The second kappa shape index (κ2) is 4.24. The van der Waals surface area contributed by atoms with Gasteiger partial charge in [0.2, 0.25) is 0 Å². The van der Waals surface area contributed by atoms with Crippen molar-refractivity contribution in [1.29, 1.82) is 0 Å². The summed E-state index contributed by atoms with van der Waals surface area (Å²) in [7, 11) is 0. The first-order valence-corrected chi connectivity index (χ1v) is 7.71. The number of anilines is 1. The molecule has 0 spiro atoms. The molecule has 4 aliphatic carbocycles. The SMILES string of the molecule is Nc1[nH]ncc1C(=O)NCC12CC3CC(CC(C3)C1)C2. The van der Waals surface area contributed by atoms with Crippen LogP contribution in [-0.2, 0) is 0 Å². The van der Waals surface area contributed by atoms with E-state index < -0.39 is 0 Å². The van der Waals surface area contributed by atoms with Crippen molar-refractivity contribution < 1.29 is 4.79 Å². The van der Waals surface area contributed by atoms with Crippen LogP contribution in [-0.4, -0.2) is 22.6 Å². The van der Waals surface area contributed by atoms with E-state index >= 15 is 0 Å². The van der Waals surface area contributed by atoms with E-state index in [2.05, 4.69) is 15.5 Å². The minimum absolute atomic E-state index is 0.0907. The lowest BCUT2D eigenvalue weighted by atomic mass is 9.49. The van der Waals surface area contributed by atoms with E-state index in [1.54, 1.807) is 0 Å². The number of hydrogen-bond acceptors (Lipinski definition) is 3. The monoisotopic (exact) mass is 274 g/mol. The Morgan fingerprint density at radius 3 is 2.40 bits per heavy atom. The molecule has 1 amide bonds. The van der Waals surface area contributed by atoms with Crippen molar-refractivity contribution in [3.8, 4) is 0 Å². The van der Waals surface area contributed by atoms with Crippen LogP contribution >= 0.6 is 0 Å². The molecule has 0 aliphatic heterocycles. The smallest absolute Gasteiger partial charge is 0.256 e. The number of aromatic nitrogens is 2. The molecular weight excluding hydrogens is 252 g/mol. The van der Waals surface area contributed by atoms with Crippen molar-refractivity contribution >= 4 is 11.7 Å². The maximum atomic E-state index is 12.2. The fraction of sp³-hybridized carbons (Fsp3) is 0.733. The van der Waals surface area contributed by atoms with E-state index in [0.29, 0.717) is 16.8 Å². The lowest BCUT2D eigenvalue weighted by Gasteiger charge is -2.56. The number of nitrogen functional groups attached to an aromatic ring is 1. The largest absolute Gasteiger partial charge is 0.383 e. The topological polar surface area (TPSA) is 83.8 Å². The van der Waals surface area contributed by atoms with E-state index in [1.807, 2.05) is 0 Å². The van der Waals surface area contributed by atoms with Crippen LogP contribution in [0.25, 0.3) is 0 Å². The predicted octanol–water partition coefficient (Wildman–Crippen LogP) is 1.94. The molecule has 1 heterocycles. The molecule has 108 valence electrons. The van der Waals surface area contributed by atoms with Gasteiger partial charge in [-0.1, -0.05) is 0 Å². The van der Waals surface area contributed by atoms with Crippen LogP contribution in [0.3, 0.4) is 0 Å². The van der Waals surface area contributed by atoms with Crippen molar-refractivity contribution in [3.05, 3.63) is 11.8 Å². The lowest BCUT2D eigenvalue weighted by Crippen LogP contribution is -2.51. The fourth-order valence-electron chi connectivity index (χ4n) is 5.35. The number of nitrogens with one attached hydrogen (secondary N) is 2. The summed E-state index contributed by atoms with van der Waals surface area (Å²) in [6.07, 6.45) is 9.72. The highest BCUT2D eigenvalue weighted by atomic mass is 16.1. The summed E-state index contributed by atoms with van der Waals surface area (Å²) in [5, 5.41) is 9.52. The van der Waals surface area contributed by atoms with Gasteiger partial charge in [-0.25, -0.2) is 0 Å². The molecule has 1 aromatic rings. The second-order valence-electron chi connectivity index (χ2n) is 7.30. The molecule has 5 nitrogen and oxygen atoms in total. The zero-order valence-corrected chi connectivity index (χ0v) is 11.7. The van der Waals surface area contributed by atoms with Gasteiger partial charge in [0.15, 0.2) is 0 Å². The third kappa shape index (κ3) is 1.91. The summed E-state index contributed by atoms with van der Waals surface area (Å²) in [6, 6.07) is 0. The number of nitrogens with two attached hydrogens (primary N) is 1. The van der Waals surface area contributed by atoms with Crippen LogP contribution in [0.1, 0.15) is 48.9 Å². The number of carbonyl (C=O) groups excluding carboxylic acids is 1. The average molecular weight is 274 g/mol. The van der Waals surface area contributed by atoms with E-state index in [4.69, 9.17) is 5.73 Å². The average Bonchev–Trinajstić information content (AvgIpc) is 2.81. The van der Waals surface area contributed by atoms with Gasteiger partial charge < -0.3 is 11.1 Å². The molecule has 0 saturated heterocycles. The fourth-order valence-corrected chi connectivity index (χ4v) is 5.35. The van der Waals surface area contributed by atoms with Crippen LogP contribution in [0, 0.1) is 23.2 Å². The molecule has 5 rings (SSSR count). The Bertz CT molecular complexity index is 500. The Kier molecular flexibility index (Phi) is 2.59. The van der Waals surface area contributed by atoms with Gasteiger partial charge >= 0.3 is 0 Å². The third-order valence-corrected chi connectivity index (χ3v) is 5.70. The molecule has 5 heteroatoms. The zero-order chi connectivity index (χ0) is 13.7. The normalized spacial score (nSPS) is 38.1. The highest BCUT2D eigenvalue weighted by Gasteiger charge is 2.50. The highest BCUT2D eigenvalue weighted by Crippen LogP contribution is 2.59. The predicted molar refractivity (Wildman–Crippen MR) is 75.9 cm³/mol. The van der Waals surface area contributed by atoms with Crippen molar-refractivity contribution in [1.82, 2.24) is 15.5 Å². The molecule has 1 aromatic heterocycles. The molecule has 0 radical (unpaired) electrons. The van der Waals surface area contributed by atoms with Gasteiger partial charge in [0.1, 0.15) is 11.4 Å². The molecule has 0 atom stereocenters. The number of aromatic amines is 1. The first-order chi connectivity index (χ1) is 9.63. The molecule has 0 aromatic carbocycles. The zero-order valence-electron chi connectivity index (χ0n) is 11.7. The molecule has 4 aliphatic rings. The summed E-state index contributed by atoms with van der Waals surface area (Å²) >= 11 is 0. The molecule has 4 N–H and O–H groups in total. The van der Waals surface area contributed by atoms with Crippen LogP contribution in [0.5, 0.6) is 0 Å². The van der Waals surface area contributed by atoms with Gasteiger partial charge in [0.25, 0.3) is 5.91 Å². The van der Waals surface area contributed by atoms with Crippen molar-refractivity contribution in [2.45, 2.75) is 38.5 Å². The number of amides is 1. The van der Waals surface area contributed by atoms with E-state index in [9.17, 15) is 4.79 Å². The Labute approximate surface area is 118 Å². The number of nitrogens with zero attached hydrogens (tertiary/aromatic N) is 1. The Morgan fingerprint density at radius 1 is 1.30 bits per heavy atom. The van der Waals surface area contributed by atoms with Gasteiger partial charge in [-0.15, -0.1) is 0 Å². The third-order valence-electron chi connectivity index (χ3n) is 5.70. The molecule has 4 bridgehead atoms. The summed E-state index contributed by atoms with van der Waals surface area (Å²) in [5.41, 5.74) is 6.53. The van der Waals surface area contributed by atoms with Gasteiger partial charge in [-0.3, -0.25) is 9.89 Å². The Morgan fingerprint density at radius 2 is 1.90 bits per heavy atom.